The molecule has 0 spiro atoms. The van der Waals surface area contributed by atoms with Gasteiger partial charge in [0, 0.05) is 17.8 Å². The number of benzene rings is 2. The Balaban J connectivity index is 1.97. The third-order valence-electron chi connectivity index (χ3n) is 3.55. The van der Waals surface area contributed by atoms with E-state index >= 15 is 0 Å². The lowest BCUT2D eigenvalue weighted by Gasteiger charge is -2.21. The molecular formula is C17H19NO. The molecule has 0 unspecified atom stereocenters. The Bertz CT molecular complexity index is 560. The van der Waals surface area contributed by atoms with Gasteiger partial charge in [-0.25, -0.2) is 0 Å². The van der Waals surface area contributed by atoms with Crippen LogP contribution in [0.4, 0.5) is 5.69 Å². The summed E-state index contributed by atoms with van der Waals surface area (Å²) in [6.07, 6.45) is 2.40. The minimum atomic E-state index is 0.710. The van der Waals surface area contributed by atoms with Crippen molar-refractivity contribution in [3.05, 3.63) is 48.0 Å². The lowest BCUT2D eigenvalue weighted by atomic mass is 9.95. The van der Waals surface area contributed by atoms with Gasteiger partial charge in [-0.1, -0.05) is 30.3 Å². The molecule has 1 N–H and O–H groups in total. The molecule has 0 radical (unpaired) electrons. The van der Waals surface area contributed by atoms with Crippen molar-refractivity contribution < 1.29 is 4.74 Å². The number of rotatable bonds is 3. The van der Waals surface area contributed by atoms with Crippen molar-refractivity contribution in [2.45, 2.75) is 19.8 Å². The van der Waals surface area contributed by atoms with Crippen LogP contribution >= 0.6 is 0 Å². The normalized spacial score (nSPS) is 13.5. The molecule has 0 aromatic heterocycles. The van der Waals surface area contributed by atoms with Crippen molar-refractivity contribution in [3.63, 3.8) is 0 Å². The highest BCUT2D eigenvalue weighted by molar-refractivity contribution is 5.81. The van der Waals surface area contributed by atoms with Crippen LogP contribution in [0.3, 0.4) is 0 Å². The monoisotopic (exact) mass is 253 g/mol. The molecule has 0 saturated carbocycles. The van der Waals surface area contributed by atoms with Crippen molar-refractivity contribution in [1.29, 1.82) is 0 Å². The SMILES string of the molecule is CCOc1ccc(-c2cccc3c2NCCC3)cc1. The average Bonchev–Trinajstić information content (AvgIpc) is 2.48. The zero-order valence-electron chi connectivity index (χ0n) is 11.3. The summed E-state index contributed by atoms with van der Waals surface area (Å²) < 4.78 is 5.49. The van der Waals surface area contributed by atoms with Crippen LogP contribution in [-0.2, 0) is 6.42 Å². The highest BCUT2D eigenvalue weighted by Gasteiger charge is 2.13. The van der Waals surface area contributed by atoms with E-state index in [1.54, 1.807) is 0 Å². The van der Waals surface area contributed by atoms with Crippen LogP contribution in [0.5, 0.6) is 5.75 Å². The van der Waals surface area contributed by atoms with Crippen molar-refractivity contribution >= 4 is 5.69 Å². The van der Waals surface area contributed by atoms with E-state index in [0.29, 0.717) is 6.61 Å². The van der Waals surface area contributed by atoms with Gasteiger partial charge in [-0.2, -0.15) is 0 Å². The van der Waals surface area contributed by atoms with Crippen LogP contribution in [0.25, 0.3) is 11.1 Å². The fourth-order valence-corrected chi connectivity index (χ4v) is 2.65. The molecular weight excluding hydrogens is 234 g/mol. The second kappa shape index (κ2) is 5.35. The Morgan fingerprint density at radius 3 is 2.74 bits per heavy atom. The van der Waals surface area contributed by atoms with Gasteiger partial charge in [0.2, 0.25) is 0 Å². The van der Waals surface area contributed by atoms with Crippen LogP contribution in [0, 0.1) is 0 Å². The molecule has 2 aromatic rings. The summed E-state index contributed by atoms with van der Waals surface area (Å²) in [6.45, 7) is 3.79. The number of para-hydroxylation sites is 1. The van der Waals surface area contributed by atoms with E-state index < -0.39 is 0 Å². The molecule has 2 heteroatoms. The Morgan fingerprint density at radius 1 is 1.11 bits per heavy atom. The molecule has 3 rings (SSSR count). The third kappa shape index (κ3) is 2.43. The van der Waals surface area contributed by atoms with Gasteiger partial charge in [0.15, 0.2) is 0 Å². The second-order valence-electron chi connectivity index (χ2n) is 4.83. The topological polar surface area (TPSA) is 21.3 Å². The molecule has 0 bridgehead atoms. The summed E-state index contributed by atoms with van der Waals surface area (Å²) >= 11 is 0. The number of fused-ring (bicyclic) bond motifs is 1. The molecule has 0 amide bonds. The van der Waals surface area contributed by atoms with E-state index in [4.69, 9.17) is 4.74 Å². The number of hydrogen-bond donors (Lipinski definition) is 1. The standard InChI is InChI=1S/C17H19NO/c1-2-19-15-10-8-13(9-11-15)16-7-3-5-14-6-4-12-18-17(14)16/h3,5,7-11,18H,2,4,6,12H2,1H3. The van der Waals surface area contributed by atoms with Gasteiger partial charge < -0.3 is 10.1 Å². The molecule has 0 saturated heterocycles. The highest BCUT2D eigenvalue weighted by Crippen LogP contribution is 2.34. The van der Waals surface area contributed by atoms with Gasteiger partial charge in [-0.05, 0) is 43.0 Å². The molecule has 98 valence electrons. The lowest BCUT2D eigenvalue weighted by Crippen LogP contribution is -2.12. The summed E-state index contributed by atoms with van der Waals surface area (Å²) in [5, 5.41) is 3.54. The second-order valence-corrected chi connectivity index (χ2v) is 4.83. The Morgan fingerprint density at radius 2 is 1.95 bits per heavy atom. The molecule has 2 aromatic carbocycles. The van der Waals surface area contributed by atoms with Gasteiger partial charge in [0.25, 0.3) is 0 Å². The van der Waals surface area contributed by atoms with E-state index in [1.807, 2.05) is 19.1 Å². The number of nitrogens with one attached hydrogen (secondary N) is 1. The van der Waals surface area contributed by atoms with Crippen molar-refractivity contribution in [2.75, 3.05) is 18.5 Å². The third-order valence-corrected chi connectivity index (χ3v) is 3.55. The average molecular weight is 253 g/mol. The number of anilines is 1. The number of aryl methyl sites for hydroxylation is 1. The summed E-state index contributed by atoms with van der Waals surface area (Å²) in [5.74, 6) is 0.934. The van der Waals surface area contributed by atoms with Gasteiger partial charge in [0.05, 0.1) is 6.61 Å². The minimum absolute atomic E-state index is 0.710. The van der Waals surface area contributed by atoms with E-state index in [9.17, 15) is 0 Å². The summed E-state index contributed by atoms with van der Waals surface area (Å²) in [5.41, 5.74) is 5.27. The molecule has 1 aliphatic rings. The predicted octanol–water partition coefficient (Wildman–Crippen LogP) is 4.11. The first-order valence-corrected chi connectivity index (χ1v) is 6.97. The van der Waals surface area contributed by atoms with Crippen LogP contribution in [-0.4, -0.2) is 13.2 Å². The minimum Gasteiger partial charge on any atom is -0.494 e. The van der Waals surface area contributed by atoms with Crippen molar-refractivity contribution in [1.82, 2.24) is 0 Å². The summed E-state index contributed by atoms with van der Waals surface area (Å²) in [7, 11) is 0. The zero-order valence-corrected chi connectivity index (χ0v) is 11.3. The largest absolute Gasteiger partial charge is 0.494 e. The molecule has 1 aliphatic heterocycles. The maximum absolute atomic E-state index is 5.49. The lowest BCUT2D eigenvalue weighted by molar-refractivity contribution is 0.340. The van der Waals surface area contributed by atoms with Crippen LogP contribution in [0.2, 0.25) is 0 Å². The van der Waals surface area contributed by atoms with Gasteiger partial charge in [-0.15, -0.1) is 0 Å². The first-order chi connectivity index (χ1) is 9.38. The fourth-order valence-electron chi connectivity index (χ4n) is 2.65. The fraction of sp³-hybridized carbons (Fsp3) is 0.294. The molecule has 1 heterocycles. The van der Waals surface area contributed by atoms with Crippen molar-refractivity contribution in [2.24, 2.45) is 0 Å². The smallest absolute Gasteiger partial charge is 0.119 e. The Kier molecular flexibility index (Phi) is 3.41. The summed E-state index contributed by atoms with van der Waals surface area (Å²) in [6, 6.07) is 14.9. The van der Waals surface area contributed by atoms with Crippen LogP contribution < -0.4 is 10.1 Å². The van der Waals surface area contributed by atoms with E-state index in [2.05, 4.69) is 35.6 Å². The first-order valence-electron chi connectivity index (χ1n) is 6.97. The predicted molar refractivity (Wildman–Crippen MR) is 79.9 cm³/mol. The van der Waals surface area contributed by atoms with Crippen LogP contribution in [0.1, 0.15) is 18.9 Å². The van der Waals surface area contributed by atoms with E-state index in [-0.39, 0.29) is 0 Å². The Hall–Kier alpha value is -1.96. The van der Waals surface area contributed by atoms with E-state index in [1.165, 1.54) is 35.2 Å². The van der Waals surface area contributed by atoms with Gasteiger partial charge >= 0.3 is 0 Å². The number of hydrogen-bond acceptors (Lipinski definition) is 2. The summed E-state index contributed by atoms with van der Waals surface area (Å²) in [4.78, 5) is 0. The first kappa shape index (κ1) is 12.1. The van der Waals surface area contributed by atoms with Gasteiger partial charge in [0.1, 0.15) is 5.75 Å². The van der Waals surface area contributed by atoms with Gasteiger partial charge in [-0.3, -0.25) is 0 Å². The molecule has 19 heavy (non-hydrogen) atoms. The number of ether oxygens (including phenoxy) is 1. The maximum Gasteiger partial charge on any atom is 0.119 e. The molecule has 0 atom stereocenters. The van der Waals surface area contributed by atoms with Crippen LogP contribution in [0.15, 0.2) is 42.5 Å². The zero-order chi connectivity index (χ0) is 13.1. The van der Waals surface area contributed by atoms with Crippen molar-refractivity contribution in [3.8, 4) is 16.9 Å². The maximum atomic E-state index is 5.49. The Labute approximate surface area is 114 Å². The molecule has 0 fully saturated rings. The molecule has 2 nitrogen and oxygen atoms in total. The molecule has 0 aliphatic carbocycles. The quantitative estimate of drug-likeness (QED) is 0.888. The van der Waals surface area contributed by atoms with E-state index in [0.717, 1.165) is 12.3 Å². The highest BCUT2D eigenvalue weighted by atomic mass is 16.5.